The van der Waals surface area contributed by atoms with E-state index in [9.17, 15) is 27.6 Å². The van der Waals surface area contributed by atoms with E-state index in [2.05, 4.69) is 0 Å². The molecule has 0 fully saturated rings. The van der Waals surface area contributed by atoms with Gasteiger partial charge in [-0.15, -0.1) is 0 Å². The maximum atomic E-state index is 12.8. The van der Waals surface area contributed by atoms with Crippen LogP contribution < -0.4 is 0 Å². The number of alkyl halides is 3. The molecule has 30 heavy (non-hydrogen) atoms. The summed E-state index contributed by atoms with van der Waals surface area (Å²) in [7, 11) is 2.17. The molecular formula is C21H18ClF3O5. The Hall–Kier alpha value is -2.87. The van der Waals surface area contributed by atoms with Gasteiger partial charge in [0.25, 0.3) is 0 Å². The summed E-state index contributed by atoms with van der Waals surface area (Å²) in [5.41, 5.74) is -0.572. The number of ether oxygens (including phenoxy) is 2. The number of carbonyl (C=O) groups is 3. The third-order valence-electron chi connectivity index (χ3n) is 4.56. The molecule has 5 nitrogen and oxygen atoms in total. The van der Waals surface area contributed by atoms with Gasteiger partial charge in [-0.3, -0.25) is 14.4 Å². The molecule has 0 aliphatic carbocycles. The van der Waals surface area contributed by atoms with Crippen LogP contribution in [-0.2, 0) is 25.2 Å². The molecule has 0 radical (unpaired) electrons. The van der Waals surface area contributed by atoms with Crippen molar-refractivity contribution in [3.05, 3.63) is 70.2 Å². The van der Waals surface area contributed by atoms with Crippen molar-refractivity contribution in [2.24, 2.45) is 5.92 Å². The number of esters is 2. The first-order valence-electron chi connectivity index (χ1n) is 8.70. The predicted molar refractivity (Wildman–Crippen MR) is 102 cm³/mol. The monoisotopic (exact) mass is 442 g/mol. The van der Waals surface area contributed by atoms with Crippen LogP contribution >= 0.6 is 11.6 Å². The van der Waals surface area contributed by atoms with Crippen LogP contribution in [0.4, 0.5) is 13.2 Å². The summed E-state index contributed by atoms with van der Waals surface area (Å²) in [5.74, 6) is -4.96. The Balaban J connectivity index is 2.44. The van der Waals surface area contributed by atoms with Crippen molar-refractivity contribution in [2.75, 3.05) is 14.2 Å². The molecule has 0 saturated carbocycles. The highest BCUT2D eigenvalue weighted by molar-refractivity contribution is 6.31. The van der Waals surface area contributed by atoms with Gasteiger partial charge in [0.05, 0.1) is 19.8 Å². The normalized spacial score (nSPS) is 12.4. The van der Waals surface area contributed by atoms with E-state index < -0.39 is 41.3 Å². The number of halogens is 4. The van der Waals surface area contributed by atoms with E-state index in [1.54, 1.807) is 18.2 Å². The number of benzene rings is 2. The maximum Gasteiger partial charge on any atom is 0.416 e. The highest BCUT2D eigenvalue weighted by Gasteiger charge is 2.40. The topological polar surface area (TPSA) is 69.7 Å². The zero-order valence-corrected chi connectivity index (χ0v) is 16.8. The average Bonchev–Trinajstić information content (AvgIpc) is 2.72. The van der Waals surface area contributed by atoms with Gasteiger partial charge in [0.2, 0.25) is 0 Å². The Labute approximate surface area is 175 Å². The van der Waals surface area contributed by atoms with E-state index in [0.29, 0.717) is 5.56 Å². The van der Waals surface area contributed by atoms with Crippen molar-refractivity contribution in [3.63, 3.8) is 0 Å². The van der Waals surface area contributed by atoms with Gasteiger partial charge < -0.3 is 9.47 Å². The number of carbonyl (C=O) groups excluding carboxylic acids is 3. The molecule has 0 heterocycles. The second-order valence-corrected chi connectivity index (χ2v) is 6.76. The first kappa shape index (κ1) is 23.4. The van der Waals surface area contributed by atoms with Crippen LogP contribution in [0.3, 0.4) is 0 Å². The molecule has 0 N–H and O–H groups in total. The second-order valence-electron chi connectivity index (χ2n) is 6.35. The molecule has 9 heteroatoms. The lowest BCUT2D eigenvalue weighted by Crippen LogP contribution is -2.33. The Morgan fingerprint density at radius 1 is 0.933 bits per heavy atom. The molecule has 1 atom stereocenters. The van der Waals surface area contributed by atoms with Crippen molar-refractivity contribution in [1.29, 1.82) is 0 Å². The molecule has 2 rings (SSSR count). The van der Waals surface area contributed by atoms with E-state index in [1.807, 2.05) is 0 Å². The van der Waals surface area contributed by atoms with Crippen molar-refractivity contribution in [3.8, 4) is 0 Å². The van der Waals surface area contributed by atoms with Gasteiger partial charge in [0.15, 0.2) is 11.7 Å². The summed E-state index contributed by atoms with van der Waals surface area (Å²) in [6.07, 6.45) is -4.92. The molecule has 0 aliphatic rings. The molecule has 1 unspecified atom stereocenters. The van der Waals surface area contributed by atoms with E-state index in [1.165, 1.54) is 6.07 Å². The fourth-order valence-corrected chi connectivity index (χ4v) is 3.30. The SMILES string of the molecule is COC(=O)C(C(=O)OC)C(CC(=O)c1ccc(C(F)(F)F)cc1)c1ccccc1Cl. The highest BCUT2D eigenvalue weighted by atomic mass is 35.5. The summed E-state index contributed by atoms with van der Waals surface area (Å²) in [5, 5.41) is 0.209. The smallest absolute Gasteiger partial charge is 0.416 e. The summed E-state index contributed by atoms with van der Waals surface area (Å²) in [6.45, 7) is 0. The average molecular weight is 443 g/mol. The van der Waals surface area contributed by atoms with Crippen molar-refractivity contribution in [2.45, 2.75) is 18.5 Å². The third kappa shape index (κ3) is 5.38. The second kappa shape index (κ2) is 9.75. The van der Waals surface area contributed by atoms with E-state index in [0.717, 1.165) is 38.5 Å². The van der Waals surface area contributed by atoms with Gasteiger partial charge in [-0.2, -0.15) is 13.2 Å². The third-order valence-corrected chi connectivity index (χ3v) is 4.90. The summed E-state index contributed by atoms with van der Waals surface area (Å²) < 4.78 is 47.7. The predicted octanol–water partition coefficient (Wildman–Crippen LogP) is 4.68. The summed E-state index contributed by atoms with van der Waals surface area (Å²) >= 11 is 6.22. The minimum atomic E-state index is -4.54. The number of Topliss-reactive ketones (excluding diaryl/α,β-unsaturated/α-hetero) is 1. The van der Waals surface area contributed by atoms with Gasteiger partial charge in [-0.05, 0) is 23.8 Å². The van der Waals surface area contributed by atoms with E-state index in [4.69, 9.17) is 21.1 Å². The van der Waals surface area contributed by atoms with E-state index in [-0.39, 0.29) is 17.0 Å². The summed E-state index contributed by atoms with van der Waals surface area (Å²) in [4.78, 5) is 37.4. The van der Waals surface area contributed by atoms with Crippen LogP contribution in [0.1, 0.15) is 33.8 Å². The number of methoxy groups -OCH3 is 2. The van der Waals surface area contributed by atoms with Gasteiger partial charge in [0, 0.05) is 22.9 Å². The molecule has 0 aliphatic heterocycles. The van der Waals surface area contributed by atoms with E-state index >= 15 is 0 Å². The van der Waals surface area contributed by atoms with Gasteiger partial charge >= 0.3 is 18.1 Å². The standard InChI is InChI=1S/C21H18ClF3O5/c1-29-19(27)18(20(28)30-2)15(14-5-3-4-6-16(14)22)11-17(26)12-7-9-13(10-8-12)21(23,24)25/h3-10,15,18H,11H2,1-2H3. The van der Waals surface area contributed by atoms with Crippen LogP contribution in [-0.4, -0.2) is 31.9 Å². The first-order chi connectivity index (χ1) is 14.1. The molecule has 2 aromatic rings. The zero-order chi connectivity index (χ0) is 22.5. The fourth-order valence-electron chi connectivity index (χ4n) is 3.02. The molecule has 0 saturated heterocycles. The Morgan fingerprint density at radius 2 is 1.47 bits per heavy atom. The van der Waals surface area contributed by atoms with Crippen LogP contribution in [0, 0.1) is 5.92 Å². The van der Waals surface area contributed by atoms with Crippen molar-refractivity contribution >= 4 is 29.3 Å². The first-order valence-corrected chi connectivity index (χ1v) is 9.08. The van der Waals surface area contributed by atoms with Crippen molar-refractivity contribution < 1.29 is 37.0 Å². The van der Waals surface area contributed by atoms with Gasteiger partial charge in [-0.1, -0.05) is 41.9 Å². The lowest BCUT2D eigenvalue weighted by molar-refractivity contribution is -0.160. The van der Waals surface area contributed by atoms with Crippen LogP contribution in [0.5, 0.6) is 0 Å². The minimum Gasteiger partial charge on any atom is -0.468 e. The molecule has 160 valence electrons. The zero-order valence-electron chi connectivity index (χ0n) is 16.0. The van der Waals surface area contributed by atoms with Gasteiger partial charge in [0.1, 0.15) is 0 Å². The Kier molecular flexibility index (Phi) is 7.61. The quantitative estimate of drug-likeness (QED) is 0.354. The van der Waals surface area contributed by atoms with Crippen LogP contribution in [0.15, 0.2) is 48.5 Å². The summed E-state index contributed by atoms with van der Waals surface area (Å²) in [6, 6.07) is 9.98. The number of ketones is 1. The molecular weight excluding hydrogens is 425 g/mol. The van der Waals surface area contributed by atoms with Crippen LogP contribution in [0.2, 0.25) is 5.02 Å². The molecule has 0 aromatic heterocycles. The van der Waals surface area contributed by atoms with Crippen molar-refractivity contribution in [1.82, 2.24) is 0 Å². The number of rotatable bonds is 7. The van der Waals surface area contributed by atoms with Crippen LogP contribution in [0.25, 0.3) is 0 Å². The number of hydrogen-bond acceptors (Lipinski definition) is 5. The largest absolute Gasteiger partial charge is 0.468 e. The molecule has 0 bridgehead atoms. The van der Waals surface area contributed by atoms with Gasteiger partial charge in [-0.25, -0.2) is 0 Å². The minimum absolute atomic E-state index is 0.00599. The maximum absolute atomic E-state index is 12.8. The highest BCUT2D eigenvalue weighted by Crippen LogP contribution is 2.36. The Bertz CT molecular complexity index is 909. The fraction of sp³-hybridized carbons (Fsp3) is 0.286. The Morgan fingerprint density at radius 3 is 1.93 bits per heavy atom. The molecule has 2 aromatic carbocycles. The molecule has 0 amide bonds. The lowest BCUT2D eigenvalue weighted by atomic mass is 9.81. The molecule has 0 spiro atoms. The number of hydrogen-bond donors (Lipinski definition) is 0. The lowest BCUT2D eigenvalue weighted by Gasteiger charge is -2.24.